The van der Waals surface area contributed by atoms with E-state index in [1.54, 1.807) is 24.3 Å². The van der Waals surface area contributed by atoms with Crippen LogP contribution in [0.15, 0.2) is 29.4 Å². The first-order valence-corrected chi connectivity index (χ1v) is 9.96. The summed E-state index contributed by atoms with van der Waals surface area (Å²) in [6, 6.07) is 8.12. The quantitative estimate of drug-likeness (QED) is 0.718. The number of benzene rings is 1. The number of esters is 1. The van der Waals surface area contributed by atoms with Crippen LogP contribution in [0.4, 0.5) is 0 Å². The number of sulfone groups is 1. The Morgan fingerprint density at radius 1 is 1.31 bits per heavy atom. The van der Waals surface area contributed by atoms with E-state index in [9.17, 15) is 18.0 Å². The number of nitrogens with zero attached hydrogens (tertiary/aromatic N) is 3. The monoisotopic (exact) mass is 375 g/mol. The van der Waals surface area contributed by atoms with Gasteiger partial charge >= 0.3 is 5.97 Å². The summed E-state index contributed by atoms with van der Waals surface area (Å²) in [5.74, 6) is -1.02. The summed E-state index contributed by atoms with van der Waals surface area (Å²) >= 11 is 0. The van der Waals surface area contributed by atoms with Crippen molar-refractivity contribution in [2.75, 3.05) is 11.5 Å². The molecule has 1 atom stereocenters. The van der Waals surface area contributed by atoms with Crippen LogP contribution in [0, 0.1) is 11.3 Å². The van der Waals surface area contributed by atoms with Crippen LogP contribution >= 0.6 is 0 Å². The normalized spacial score (nSPS) is 21.8. The van der Waals surface area contributed by atoms with Crippen LogP contribution in [-0.4, -0.2) is 48.6 Å². The van der Waals surface area contributed by atoms with Crippen LogP contribution < -0.4 is 0 Å². The lowest BCUT2D eigenvalue weighted by Gasteiger charge is -2.27. The molecule has 9 heteroatoms. The second-order valence-electron chi connectivity index (χ2n) is 6.23. The zero-order valence-corrected chi connectivity index (χ0v) is 14.7. The van der Waals surface area contributed by atoms with E-state index in [1.807, 2.05) is 6.07 Å². The minimum absolute atomic E-state index is 0.0231. The van der Waals surface area contributed by atoms with Gasteiger partial charge in [-0.3, -0.25) is 4.79 Å². The number of hydrogen-bond acceptors (Lipinski definition) is 7. The summed E-state index contributed by atoms with van der Waals surface area (Å²) in [7, 11) is -3.16. The van der Waals surface area contributed by atoms with Crippen molar-refractivity contribution in [3.63, 3.8) is 0 Å². The van der Waals surface area contributed by atoms with Crippen LogP contribution in [0.1, 0.15) is 30.4 Å². The zero-order chi connectivity index (χ0) is 18.7. The first-order chi connectivity index (χ1) is 12.4. The molecule has 0 spiro atoms. The molecule has 0 unspecified atom stereocenters. The molecular weight excluding hydrogens is 358 g/mol. The van der Waals surface area contributed by atoms with E-state index in [2.05, 4.69) is 5.10 Å². The molecule has 0 aliphatic carbocycles. The first kappa shape index (κ1) is 18.1. The molecule has 0 radical (unpaired) electrons. The second-order valence-corrected chi connectivity index (χ2v) is 8.46. The van der Waals surface area contributed by atoms with Crippen LogP contribution in [0.5, 0.6) is 0 Å². The highest BCUT2D eigenvalue weighted by molar-refractivity contribution is 7.91. The van der Waals surface area contributed by atoms with Gasteiger partial charge in [-0.15, -0.1) is 0 Å². The van der Waals surface area contributed by atoms with Gasteiger partial charge in [0.05, 0.1) is 29.2 Å². The number of carbonyl (C=O) groups excluding carboxylic acids is 2. The molecule has 0 aromatic heterocycles. The Kier molecular flexibility index (Phi) is 5.04. The van der Waals surface area contributed by atoms with Gasteiger partial charge in [-0.25, -0.2) is 18.2 Å². The van der Waals surface area contributed by atoms with E-state index in [0.717, 1.165) is 10.6 Å². The largest absolute Gasteiger partial charge is 0.456 e. The van der Waals surface area contributed by atoms with Crippen molar-refractivity contribution >= 4 is 27.4 Å². The lowest BCUT2D eigenvalue weighted by molar-refractivity contribution is -0.138. The smallest absolute Gasteiger partial charge is 0.354 e. The van der Waals surface area contributed by atoms with Crippen molar-refractivity contribution in [3.8, 4) is 6.07 Å². The van der Waals surface area contributed by atoms with Crippen molar-refractivity contribution in [1.82, 2.24) is 5.01 Å². The molecule has 0 saturated carbocycles. The fourth-order valence-electron chi connectivity index (χ4n) is 2.88. The van der Waals surface area contributed by atoms with Crippen molar-refractivity contribution in [2.45, 2.75) is 31.9 Å². The van der Waals surface area contributed by atoms with Gasteiger partial charge in [0.25, 0.3) is 0 Å². The SMILES string of the molecule is N#Cc1ccc(COC(=O)C2=NN([C@H]3CCS(=O)(=O)C3)C(=O)CC2)cc1. The van der Waals surface area contributed by atoms with Crippen molar-refractivity contribution in [3.05, 3.63) is 35.4 Å². The lowest BCUT2D eigenvalue weighted by Crippen LogP contribution is -2.42. The van der Waals surface area contributed by atoms with Gasteiger partial charge in [-0.1, -0.05) is 12.1 Å². The second kappa shape index (κ2) is 7.25. The lowest BCUT2D eigenvalue weighted by atomic mass is 10.1. The maximum atomic E-state index is 12.2. The number of rotatable bonds is 4. The molecule has 1 amide bonds. The average Bonchev–Trinajstić information content (AvgIpc) is 3.00. The molecule has 26 heavy (non-hydrogen) atoms. The summed E-state index contributed by atoms with van der Waals surface area (Å²) in [6.07, 6.45) is 0.591. The third-order valence-electron chi connectivity index (χ3n) is 4.30. The molecular formula is C17H17N3O5S. The van der Waals surface area contributed by atoms with Crippen molar-refractivity contribution < 1.29 is 22.7 Å². The molecule has 1 fully saturated rings. The highest BCUT2D eigenvalue weighted by Gasteiger charge is 2.37. The molecule has 136 valence electrons. The van der Waals surface area contributed by atoms with Gasteiger partial charge in [0.1, 0.15) is 12.3 Å². The fourth-order valence-corrected chi connectivity index (χ4v) is 4.57. The zero-order valence-electron chi connectivity index (χ0n) is 13.9. The number of amides is 1. The topological polar surface area (TPSA) is 117 Å². The third kappa shape index (κ3) is 4.08. The fraction of sp³-hybridized carbons (Fsp3) is 0.412. The summed E-state index contributed by atoms with van der Waals surface area (Å²) in [5, 5.41) is 14.0. The average molecular weight is 375 g/mol. The van der Waals surface area contributed by atoms with Crippen LogP contribution in [0.25, 0.3) is 0 Å². The number of ether oxygens (including phenoxy) is 1. The summed E-state index contributed by atoms with van der Waals surface area (Å²) in [5.41, 5.74) is 1.35. The molecule has 2 aliphatic heterocycles. The predicted molar refractivity (Wildman–Crippen MR) is 91.5 cm³/mol. The maximum Gasteiger partial charge on any atom is 0.354 e. The van der Waals surface area contributed by atoms with Crippen molar-refractivity contribution in [2.24, 2.45) is 5.10 Å². The number of nitriles is 1. The molecule has 0 bridgehead atoms. The number of hydrazone groups is 1. The van der Waals surface area contributed by atoms with Gasteiger partial charge in [0, 0.05) is 12.8 Å². The Morgan fingerprint density at radius 2 is 2.04 bits per heavy atom. The van der Waals surface area contributed by atoms with Gasteiger partial charge < -0.3 is 4.74 Å². The molecule has 1 aromatic rings. The molecule has 1 saturated heterocycles. The molecule has 0 N–H and O–H groups in total. The predicted octanol–water partition coefficient (Wildman–Crippen LogP) is 0.767. The van der Waals surface area contributed by atoms with E-state index in [0.29, 0.717) is 12.0 Å². The van der Waals surface area contributed by atoms with Gasteiger partial charge in [-0.05, 0) is 24.1 Å². The van der Waals surface area contributed by atoms with Gasteiger partial charge in [-0.2, -0.15) is 10.4 Å². The van der Waals surface area contributed by atoms with E-state index >= 15 is 0 Å². The highest BCUT2D eigenvalue weighted by Crippen LogP contribution is 2.22. The highest BCUT2D eigenvalue weighted by atomic mass is 32.2. The van der Waals surface area contributed by atoms with Crippen molar-refractivity contribution in [1.29, 1.82) is 5.26 Å². The van der Waals surface area contributed by atoms with E-state index in [1.165, 1.54) is 0 Å². The first-order valence-electron chi connectivity index (χ1n) is 8.14. The number of carbonyl (C=O) groups is 2. The molecule has 1 aromatic carbocycles. The van der Waals surface area contributed by atoms with Crippen LogP contribution in [-0.2, 0) is 30.8 Å². The minimum Gasteiger partial charge on any atom is -0.456 e. The van der Waals surface area contributed by atoms with E-state index < -0.39 is 21.8 Å². The molecule has 2 aliphatic rings. The van der Waals surface area contributed by atoms with Crippen LogP contribution in [0.3, 0.4) is 0 Å². The third-order valence-corrected chi connectivity index (χ3v) is 6.05. The Bertz CT molecular complexity index is 899. The minimum atomic E-state index is -3.16. The summed E-state index contributed by atoms with van der Waals surface area (Å²) < 4.78 is 28.4. The van der Waals surface area contributed by atoms with Crippen LogP contribution in [0.2, 0.25) is 0 Å². The molecule has 2 heterocycles. The van der Waals surface area contributed by atoms with E-state index in [4.69, 9.17) is 10.00 Å². The summed E-state index contributed by atoms with van der Waals surface area (Å²) in [4.78, 5) is 24.3. The molecule has 8 nitrogen and oxygen atoms in total. The Balaban J connectivity index is 1.65. The Hall–Kier alpha value is -2.73. The van der Waals surface area contributed by atoms with E-state index in [-0.39, 0.29) is 42.6 Å². The molecule has 3 rings (SSSR count). The Labute approximate surface area is 151 Å². The van der Waals surface area contributed by atoms with Gasteiger partial charge in [0.2, 0.25) is 5.91 Å². The van der Waals surface area contributed by atoms with Gasteiger partial charge in [0.15, 0.2) is 9.84 Å². The summed E-state index contributed by atoms with van der Waals surface area (Å²) in [6.45, 7) is 0.0231. The Morgan fingerprint density at radius 3 is 2.65 bits per heavy atom. The number of hydrogen-bond donors (Lipinski definition) is 0. The standard InChI is InChI=1S/C17H17N3O5S/c18-9-12-1-3-13(4-2-12)10-25-17(22)15-5-6-16(21)20(19-15)14-7-8-26(23,24)11-14/h1-4,14H,5-8,10-11H2/t14-/m0/s1. The maximum absolute atomic E-state index is 12.2.